The summed E-state index contributed by atoms with van der Waals surface area (Å²) in [5.41, 5.74) is 9.53. The summed E-state index contributed by atoms with van der Waals surface area (Å²) in [5.74, 6) is 0.686. The zero-order valence-electron chi connectivity index (χ0n) is 20.1. The molecule has 1 atom stereocenters. The summed E-state index contributed by atoms with van der Waals surface area (Å²) in [6, 6.07) is 8.34. The van der Waals surface area contributed by atoms with Gasteiger partial charge in [-0.3, -0.25) is 4.79 Å². The van der Waals surface area contributed by atoms with Crippen LogP contribution >= 0.6 is 0 Å². The lowest BCUT2D eigenvalue weighted by atomic mass is 10.1. The maximum absolute atomic E-state index is 12.1. The van der Waals surface area contributed by atoms with Crippen molar-refractivity contribution in [1.29, 1.82) is 0 Å². The molecule has 184 valence electrons. The molecule has 1 amide bonds. The standard InChI is InChI=1S/C25H32N8O2/c1-3-21(34)32-12-4-5-19(15-32)33-16-27-22-23(26)29-25(30-24(22)33)28-17-6-8-18(9-7-17)31-13-10-20(35-2)11-14-31/h3,6-9,16,19-20H,1,4-5,10-15H2,2H3,(H3,26,28,29,30). The van der Waals surface area contributed by atoms with Crippen LogP contribution in [0.25, 0.3) is 11.2 Å². The van der Waals surface area contributed by atoms with Crippen molar-refractivity contribution in [3.63, 3.8) is 0 Å². The number of likely N-dealkylation sites (tertiary alicyclic amines) is 1. The Hall–Kier alpha value is -3.66. The number of benzene rings is 1. The van der Waals surface area contributed by atoms with Crippen molar-refractivity contribution in [1.82, 2.24) is 24.4 Å². The number of carbonyl (C=O) groups is 1. The number of nitrogens with one attached hydrogen (secondary N) is 1. The predicted molar refractivity (Wildman–Crippen MR) is 137 cm³/mol. The van der Waals surface area contributed by atoms with E-state index in [4.69, 9.17) is 15.5 Å². The number of nitrogens with two attached hydrogens (primary N) is 1. The van der Waals surface area contributed by atoms with Crippen molar-refractivity contribution in [2.24, 2.45) is 0 Å². The molecule has 0 aliphatic carbocycles. The van der Waals surface area contributed by atoms with E-state index < -0.39 is 0 Å². The minimum Gasteiger partial charge on any atom is -0.382 e. The van der Waals surface area contributed by atoms with Crippen LogP contribution in [0.2, 0.25) is 0 Å². The van der Waals surface area contributed by atoms with Crippen LogP contribution in [0.4, 0.5) is 23.1 Å². The van der Waals surface area contributed by atoms with E-state index in [0.29, 0.717) is 35.6 Å². The average molecular weight is 477 g/mol. The number of piperidine rings is 2. The lowest BCUT2D eigenvalue weighted by Gasteiger charge is -2.33. The van der Waals surface area contributed by atoms with E-state index in [2.05, 4.69) is 38.9 Å². The molecule has 3 N–H and O–H groups in total. The summed E-state index contributed by atoms with van der Waals surface area (Å²) in [5, 5.41) is 3.28. The average Bonchev–Trinajstić information content (AvgIpc) is 3.33. The van der Waals surface area contributed by atoms with Gasteiger partial charge in [-0.05, 0) is 56.0 Å². The smallest absolute Gasteiger partial charge is 0.246 e. The highest BCUT2D eigenvalue weighted by molar-refractivity contribution is 5.87. The zero-order chi connectivity index (χ0) is 24.4. The Balaban J connectivity index is 1.33. The lowest BCUT2D eigenvalue weighted by molar-refractivity contribution is -0.127. The topological polar surface area (TPSA) is 114 Å². The minimum atomic E-state index is -0.0536. The SMILES string of the molecule is C=CC(=O)N1CCCC(n2cnc3c(N)nc(Nc4ccc(N5CCC(OC)CC5)cc4)nc32)C1. The first-order chi connectivity index (χ1) is 17.1. The highest BCUT2D eigenvalue weighted by Crippen LogP contribution is 2.29. The second-order valence-corrected chi connectivity index (χ2v) is 9.13. The summed E-state index contributed by atoms with van der Waals surface area (Å²) in [7, 11) is 1.79. The van der Waals surface area contributed by atoms with Gasteiger partial charge in [0, 0.05) is 44.7 Å². The largest absolute Gasteiger partial charge is 0.382 e. The number of carbonyl (C=O) groups excluding carboxylic acids is 1. The van der Waals surface area contributed by atoms with Crippen LogP contribution in [0.1, 0.15) is 31.7 Å². The number of fused-ring (bicyclic) bond motifs is 1. The third-order valence-electron chi connectivity index (χ3n) is 6.99. The Kier molecular flexibility index (Phi) is 6.54. The van der Waals surface area contributed by atoms with E-state index in [-0.39, 0.29) is 11.9 Å². The minimum absolute atomic E-state index is 0.0536. The summed E-state index contributed by atoms with van der Waals surface area (Å²) in [6.07, 6.45) is 7.39. The van der Waals surface area contributed by atoms with Crippen LogP contribution in [0.5, 0.6) is 0 Å². The first kappa shape index (κ1) is 23.1. The number of nitrogens with zero attached hydrogens (tertiary/aromatic N) is 6. The van der Waals surface area contributed by atoms with E-state index in [1.165, 1.54) is 11.8 Å². The van der Waals surface area contributed by atoms with Gasteiger partial charge >= 0.3 is 0 Å². The summed E-state index contributed by atoms with van der Waals surface area (Å²) in [4.78, 5) is 29.9. The number of hydrogen-bond acceptors (Lipinski definition) is 8. The Bertz CT molecular complexity index is 1200. The fraction of sp³-hybridized carbons (Fsp3) is 0.440. The number of amides is 1. The van der Waals surface area contributed by atoms with Crippen molar-refractivity contribution in [2.45, 2.75) is 37.8 Å². The molecule has 2 saturated heterocycles. The van der Waals surface area contributed by atoms with Crippen molar-refractivity contribution >= 4 is 40.2 Å². The number of ether oxygens (including phenoxy) is 1. The first-order valence-electron chi connectivity index (χ1n) is 12.1. The molecular weight excluding hydrogens is 444 g/mol. The molecule has 0 radical (unpaired) electrons. The zero-order valence-corrected chi connectivity index (χ0v) is 20.1. The molecular formula is C25H32N8O2. The number of methoxy groups -OCH3 is 1. The number of rotatable bonds is 6. The van der Waals surface area contributed by atoms with Crippen LogP contribution in [0, 0.1) is 0 Å². The van der Waals surface area contributed by atoms with Crippen LogP contribution in [-0.4, -0.2) is 69.7 Å². The van der Waals surface area contributed by atoms with Crippen molar-refractivity contribution in [2.75, 3.05) is 49.2 Å². The molecule has 0 saturated carbocycles. The number of anilines is 4. The van der Waals surface area contributed by atoms with E-state index in [9.17, 15) is 4.79 Å². The van der Waals surface area contributed by atoms with Gasteiger partial charge in [0.25, 0.3) is 0 Å². The van der Waals surface area contributed by atoms with Gasteiger partial charge < -0.3 is 30.2 Å². The number of hydrogen-bond donors (Lipinski definition) is 2. The number of imidazole rings is 1. The second-order valence-electron chi connectivity index (χ2n) is 9.13. The van der Waals surface area contributed by atoms with Gasteiger partial charge in [0.2, 0.25) is 11.9 Å². The van der Waals surface area contributed by atoms with Gasteiger partial charge in [0.05, 0.1) is 18.5 Å². The molecule has 2 aliphatic heterocycles. The normalized spacial score (nSPS) is 19.2. The molecule has 10 nitrogen and oxygen atoms in total. The maximum atomic E-state index is 12.1. The van der Waals surface area contributed by atoms with Gasteiger partial charge in [-0.15, -0.1) is 0 Å². The molecule has 2 fully saturated rings. The van der Waals surface area contributed by atoms with Crippen molar-refractivity contribution < 1.29 is 9.53 Å². The molecule has 3 aromatic rings. The Morgan fingerprint density at radius 2 is 1.94 bits per heavy atom. The van der Waals surface area contributed by atoms with Gasteiger partial charge in [-0.2, -0.15) is 9.97 Å². The fourth-order valence-electron chi connectivity index (χ4n) is 5.01. The molecule has 4 heterocycles. The quantitative estimate of drug-likeness (QED) is 0.522. The molecule has 2 aromatic heterocycles. The Labute approximate surface area is 204 Å². The number of aromatic nitrogens is 4. The molecule has 5 rings (SSSR count). The third kappa shape index (κ3) is 4.79. The van der Waals surface area contributed by atoms with E-state index >= 15 is 0 Å². The summed E-state index contributed by atoms with van der Waals surface area (Å²) >= 11 is 0. The van der Waals surface area contributed by atoms with Gasteiger partial charge in [0.1, 0.15) is 5.52 Å². The van der Waals surface area contributed by atoms with Crippen LogP contribution in [0.15, 0.2) is 43.2 Å². The maximum Gasteiger partial charge on any atom is 0.246 e. The molecule has 1 unspecified atom stereocenters. The van der Waals surface area contributed by atoms with E-state index in [1.54, 1.807) is 13.4 Å². The van der Waals surface area contributed by atoms with Gasteiger partial charge in [0.15, 0.2) is 11.5 Å². The van der Waals surface area contributed by atoms with E-state index in [1.807, 2.05) is 21.6 Å². The molecule has 0 bridgehead atoms. The third-order valence-corrected chi connectivity index (χ3v) is 6.99. The van der Waals surface area contributed by atoms with Crippen molar-refractivity contribution in [3.05, 3.63) is 43.2 Å². The second kappa shape index (κ2) is 9.91. The highest BCUT2D eigenvalue weighted by Gasteiger charge is 2.26. The van der Waals surface area contributed by atoms with Gasteiger partial charge in [-0.1, -0.05) is 6.58 Å². The molecule has 0 spiro atoms. The van der Waals surface area contributed by atoms with E-state index in [0.717, 1.165) is 51.0 Å². The number of nitrogen functional groups attached to an aromatic ring is 1. The highest BCUT2D eigenvalue weighted by atomic mass is 16.5. The van der Waals surface area contributed by atoms with Crippen LogP contribution in [0.3, 0.4) is 0 Å². The predicted octanol–water partition coefficient (Wildman–Crippen LogP) is 3.12. The molecule has 35 heavy (non-hydrogen) atoms. The monoisotopic (exact) mass is 476 g/mol. The first-order valence-corrected chi connectivity index (χ1v) is 12.1. The lowest BCUT2D eigenvalue weighted by Crippen LogP contribution is -2.39. The molecule has 1 aromatic carbocycles. The van der Waals surface area contributed by atoms with Crippen LogP contribution in [-0.2, 0) is 9.53 Å². The van der Waals surface area contributed by atoms with Crippen LogP contribution < -0.4 is 16.0 Å². The fourth-order valence-corrected chi connectivity index (χ4v) is 5.01. The molecule has 2 aliphatic rings. The Morgan fingerprint density at radius 1 is 1.17 bits per heavy atom. The molecule has 10 heteroatoms. The summed E-state index contributed by atoms with van der Waals surface area (Å²) in [6.45, 7) is 6.91. The van der Waals surface area contributed by atoms with Gasteiger partial charge in [-0.25, -0.2) is 4.98 Å². The Morgan fingerprint density at radius 3 is 2.66 bits per heavy atom. The van der Waals surface area contributed by atoms with Crippen molar-refractivity contribution in [3.8, 4) is 0 Å². The summed E-state index contributed by atoms with van der Waals surface area (Å²) < 4.78 is 7.48.